The van der Waals surface area contributed by atoms with Crippen LogP contribution >= 0.6 is 0 Å². The van der Waals surface area contributed by atoms with Gasteiger partial charge in [-0.25, -0.2) is 0 Å². The number of benzene rings is 1. The summed E-state index contributed by atoms with van der Waals surface area (Å²) in [5, 5.41) is 10.4. The molecule has 0 aromatic heterocycles. The van der Waals surface area contributed by atoms with Crippen LogP contribution in [0, 0.1) is 30.6 Å². The van der Waals surface area contributed by atoms with Gasteiger partial charge >= 0.3 is 0 Å². The van der Waals surface area contributed by atoms with E-state index in [9.17, 15) is 5.11 Å². The van der Waals surface area contributed by atoms with Gasteiger partial charge in [-0.05, 0) is 78.5 Å². The molecule has 2 fully saturated rings. The number of hydrogen-bond donors (Lipinski definition) is 1. The van der Waals surface area contributed by atoms with Gasteiger partial charge in [0.25, 0.3) is 0 Å². The van der Waals surface area contributed by atoms with E-state index in [1.165, 1.54) is 36.0 Å². The van der Waals surface area contributed by atoms with Gasteiger partial charge in [-0.2, -0.15) is 0 Å². The Bertz CT molecular complexity index is 529. The fourth-order valence-electron chi connectivity index (χ4n) is 4.78. The van der Waals surface area contributed by atoms with Crippen molar-refractivity contribution in [1.29, 1.82) is 0 Å². The summed E-state index contributed by atoms with van der Waals surface area (Å²) in [6.45, 7) is 11.5. The molecule has 2 saturated carbocycles. The maximum atomic E-state index is 10.4. The molecule has 0 amide bonds. The van der Waals surface area contributed by atoms with E-state index in [0.29, 0.717) is 22.5 Å². The summed E-state index contributed by atoms with van der Waals surface area (Å²) in [6, 6.07) is 4.18. The van der Waals surface area contributed by atoms with Crippen LogP contribution < -0.4 is 0 Å². The van der Waals surface area contributed by atoms with Crippen molar-refractivity contribution in [1.82, 2.24) is 0 Å². The van der Waals surface area contributed by atoms with Crippen molar-refractivity contribution in [3.8, 4) is 5.75 Å². The zero-order chi connectivity index (χ0) is 14.0. The lowest BCUT2D eigenvalue weighted by Gasteiger charge is -2.40. The molecular formula is C18H26O. The van der Waals surface area contributed by atoms with E-state index in [1.807, 2.05) is 6.07 Å². The van der Waals surface area contributed by atoms with Gasteiger partial charge in [0.05, 0.1) is 0 Å². The maximum Gasteiger partial charge on any atom is 0.119 e. The monoisotopic (exact) mass is 258 g/mol. The van der Waals surface area contributed by atoms with E-state index in [4.69, 9.17) is 0 Å². The highest BCUT2D eigenvalue weighted by Crippen LogP contribution is 2.71. The summed E-state index contributed by atoms with van der Waals surface area (Å²) in [4.78, 5) is 0. The molecule has 0 saturated heterocycles. The Morgan fingerprint density at radius 2 is 1.74 bits per heavy atom. The minimum Gasteiger partial charge on any atom is -0.508 e. The summed E-state index contributed by atoms with van der Waals surface area (Å²) in [5.41, 5.74) is 4.44. The molecule has 1 aromatic carbocycles. The molecule has 104 valence electrons. The Balaban J connectivity index is 2.08. The van der Waals surface area contributed by atoms with Crippen LogP contribution in [0.25, 0.3) is 0 Å². The normalized spacial score (nSPS) is 35.8. The number of aryl methyl sites for hydroxylation is 2. The van der Waals surface area contributed by atoms with Gasteiger partial charge < -0.3 is 5.11 Å². The van der Waals surface area contributed by atoms with Crippen LogP contribution in [0.2, 0.25) is 0 Å². The second-order valence-corrected chi connectivity index (χ2v) is 7.66. The van der Waals surface area contributed by atoms with Gasteiger partial charge in [0, 0.05) is 0 Å². The summed E-state index contributed by atoms with van der Waals surface area (Å²) in [5.74, 6) is 1.86. The van der Waals surface area contributed by atoms with Gasteiger partial charge in [0.2, 0.25) is 0 Å². The van der Waals surface area contributed by atoms with Crippen LogP contribution in [0.15, 0.2) is 12.1 Å². The Labute approximate surface area is 117 Å². The van der Waals surface area contributed by atoms with Crippen molar-refractivity contribution in [2.24, 2.45) is 16.7 Å². The molecule has 1 aromatic rings. The highest BCUT2D eigenvalue weighted by molar-refractivity contribution is 5.45. The highest BCUT2D eigenvalue weighted by Gasteiger charge is 2.61. The third-order valence-corrected chi connectivity index (χ3v) is 6.81. The number of fused-ring (bicyclic) bond motifs is 2. The van der Waals surface area contributed by atoms with Gasteiger partial charge in [0.1, 0.15) is 5.75 Å². The van der Waals surface area contributed by atoms with Gasteiger partial charge in [-0.1, -0.05) is 26.8 Å². The minimum absolute atomic E-state index is 0.344. The fourth-order valence-corrected chi connectivity index (χ4v) is 4.78. The van der Waals surface area contributed by atoms with Gasteiger partial charge in [-0.3, -0.25) is 0 Å². The lowest BCUT2D eigenvalue weighted by atomic mass is 9.65. The van der Waals surface area contributed by atoms with E-state index >= 15 is 0 Å². The molecule has 3 atom stereocenters. The Hall–Kier alpha value is -0.980. The summed E-state index contributed by atoms with van der Waals surface area (Å²) < 4.78 is 0. The third kappa shape index (κ3) is 1.53. The number of phenolic OH excluding ortho intramolecular Hbond substituents is 1. The fraction of sp³-hybridized carbons (Fsp3) is 0.667. The Morgan fingerprint density at radius 1 is 1.11 bits per heavy atom. The van der Waals surface area contributed by atoms with Crippen LogP contribution in [0.3, 0.4) is 0 Å². The van der Waals surface area contributed by atoms with Crippen LogP contribution in [-0.4, -0.2) is 5.11 Å². The molecule has 1 unspecified atom stereocenters. The number of aromatic hydroxyl groups is 1. The number of rotatable bonds is 1. The molecular weight excluding hydrogens is 232 g/mol. The van der Waals surface area contributed by atoms with Crippen molar-refractivity contribution in [3.63, 3.8) is 0 Å². The third-order valence-electron chi connectivity index (χ3n) is 6.81. The van der Waals surface area contributed by atoms with Crippen molar-refractivity contribution in [2.75, 3.05) is 0 Å². The smallest absolute Gasteiger partial charge is 0.119 e. The topological polar surface area (TPSA) is 20.2 Å². The first kappa shape index (κ1) is 13.0. The molecule has 2 bridgehead atoms. The average molecular weight is 258 g/mol. The van der Waals surface area contributed by atoms with E-state index in [1.54, 1.807) is 0 Å². The maximum absolute atomic E-state index is 10.4. The SMILES string of the molecule is Cc1cc(O)c(C2C[C@H]3CC[C@@]2(C)C3(C)C)cc1C. The van der Waals surface area contributed by atoms with E-state index in [-0.39, 0.29) is 0 Å². The van der Waals surface area contributed by atoms with Crippen LogP contribution in [0.1, 0.15) is 62.6 Å². The largest absolute Gasteiger partial charge is 0.508 e. The van der Waals surface area contributed by atoms with Crippen molar-refractivity contribution < 1.29 is 5.11 Å². The predicted molar refractivity (Wildman–Crippen MR) is 79.6 cm³/mol. The van der Waals surface area contributed by atoms with E-state index < -0.39 is 0 Å². The standard InChI is InChI=1S/C18H26O/c1-11-8-14(16(19)9-12(11)2)15-10-13-6-7-18(15,5)17(13,3)4/h8-9,13,15,19H,6-7,10H2,1-5H3/t13-,15?,18-/m1/s1. The Morgan fingerprint density at radius 3 is 2.26 bits per heavy atom. The van der Waals surface area contributed by atoms with Crippen molar-refractivity contribution in [2.45, 2.75) is 59.8 Å². The van der Waals surface area contributed by atoms with Crippen LogP contribution in [0.5, 0.6) is 5.75 Å². The first-order valence-corrected chi connectivity index (χ1v) is 7.57. The molecule has 2 aliphatic carbocycles. The van der Waals surface area contributed by atoms with Crippen LogP contribution in [-0.2, 0) is 0 Å². The molecule has 1 heteroatoms. The first-order valence-electron chi connectivity index (χ1n) is 7.57. The molecule has 1 nitrogen and oxygen atoms in total. The first-order chi connectivity index (χ1) is 8.77. The molecule has 3 rings (SSSR count). The highest BCUT2D eigenvalue weighted by atomic mass is 16.3. The lowest BCUT2D eigenvalue weighted by Crippen LogP contribution is -2.31. The average Bonchev–Trinajstić information content (AvgIpc) is 2.66. The molecule has 0 heterocycles. The van der Waals surface area contributed by atoms with Crippen LogP contribution in [0.4, 0.5) is 0 Å². The molecule has 0 aliphatic heterocycles. The minimum atomic E-state index is 0.344. The zero-order valence-corrected chi connectivity index (χ0v) is 12.9. The van der Waals surface area contributed by atoms with E-state index in [2.05, 4.69) is 40.7 Å². The second kappa shape index (κ2) is 3.77. The predicted octanol–water partition coefficient (Wildman–Crippen LogP) is 4.94. The van der Waals surface area contributed by atoms with Crippen molar-refractivity contribution in [3.05, 3.63) is 28.8 Å². The number of hydrogen-bond acceptors (Lipinski definition) is 1. The molecule has 2 aliphatic rings. The van der Waals surface area contributed by atoms with E-state index in [0.717, 1.165) is 5.92 Å². The molecule has 0 spiro atoms. The van der Waals surface area contributed by atoms with Gasteiger partial charge in [-0.15, -0.1) is 0 Å². The summed E-state index contributed by atoms with van der Waals surface area (Å²) >= 11 is 0. The van der Waals surface area contributed by atoms with Gasteiger partial charge in [0.15, 0.2) is 0 Å². The quantitative estimate of drug-likeness (QED) is 0.756. The molecule has 19 heavy (non-hydrogen) atoms. The Kier molecular flexibility index (Phi) is 2.59. The second-order valence-electron chi connectivity index (χ2n) is 7.66. The summed E-state index contributed by atoms with van der Waals surface area (Å²) in [7, 11) is 0. The number of phenols is 1. The molecule has 0 radical (unpaired) electrons. The molecule has 1 N–H and O–H groups in total. The lowest BCUT2D eigenvalue weighted by molar-refractivity contribution is 0.133. The zero-order valence-electron chi connectivity index (χ0n) is 12.9. The summed E-state index contributed by atoms with van der Waals surface area (Å²) in [6.07, 6.45) is 3.92. The van der Waals surface area contributed by atoms with Crippen molar-refractivity contribution >= 4 is 0 Å².